The first-order valence-electron chi connectivity index (χ1n) is 12.6. The quantitative estimate of drug-likeness (QED) is 0.109. The number of hydrogen-bond donors (Lipinski definition) is 3. The highest BCUT2D eigenvalue weighted by Gasteiger charge is 2.26. The fourth-order valence-corrected chi connectivity index (χ4v) is 4.31. The van der Waals surface area contributed by atoms with Crippen molar-refractivity contribution in [1.82, 2.24) is 30.0 Å². The molecule has 0 radical (unpaired) electrons. The van der Waals surface area contributed by atoms with Crippen molar-refractivity contribution in [3.63, 3.8) is 0 Å². The maximum Gasteiger partial charge on any atom is 0.351 e. The number of ether oxygens (including phenoxy) is 3. The van der Waals surface area contributed by atoms with Crippen molar-refractivity contribution in [2.24, 2.45) is 15.4 Å². The zero-order valence-electron chi connectivity index (χ0n) is 23.7. The summed E-state index contributed by atoms with van der Waals surface area (Å²) in [5.74, 6) is 0.890. The molecule has 5 rings (SSSR count). The zero-order valence-corrected chi connectivity index (χ0v) is 24.5. The third kappa shape index (κ3) is 5.71. The van der Waals surface area contributed by atoms with Gasteiger partial charge < -0.3 is 18.4 Å². The number of hydrogen-bond acceptors (Lipinski definition) is 13. The van der Waals surface area contributed by atoms with Crippen molar-refractivity contribution < 1.29 is 23.2 Å². The van der Waals surface area contributed by atoms with Gasteiger partial charge >= 0.3 is 5.97 Å². The standard InChI is InChI=1S/C27H26N10O5S/c1-27(2,3)21-16(13-28)23(34-32-21)33-31-19-24-30-22(14-8-6-9-15(12-14)26(38)42-43-29)35-37(24)36-25(19)41-20-17(39-4)10-7-11-18(20)40-5/h6-12H,29H2,1-5H3,(H,30,35)(H,32,34). The summed E-state index contributed by atoms with van der Waals surface area (Å²) in [5, 5.41) is 38.4. The second-order valence-corrected chi connectivity index (χ2v) is 10.3. The predicted octanol–water partition coefficient (Wildman–Crippen LogP) is 5.52. The molecule has 3 aromatic heterocycles. The Hall–Kier alpha value is -5.40. The van der Waals surface area contributed by atoms with Crippen molar-refractivity contribution in [3.8, 4) is 40.6 Å². The highest BCUT2D eigenvalue weighted by atomic mass is 32.2. The number of benzene rings is 2. The molecule has 0 aliphatic heterocycles. The molecular formula is C27H26N10O5S. The van der Waals surface area contributed by atoms with Crippen LogP contribution < -0.4 is 19.3 Å². The fourth-order valence-electron chi connectivity index (χ4n) is 4.13. The Morgan fingerprint density at radius 3 is 2.49 bits per heavy atom. The molecule has 4 N–H and O–H groups in total. The number of nitrogens with one attached hydrogen (secondary N) is 2. The van der Waals surface area contributed by atoms with Crippen LogP contribution in [0.5, 0.6) is 23.1 Å². The van der Waals surface area contributed by atoms with Gasteiger partial charge in [0.05, 0.1) is 25.5 Å². The minimum atomic E-state index is -0.608. The van der Waals surface area contributed by atoms with E-state index in [0.29, 0.717) is 40.8 Å². The summed E-state index contributed by atoms with van der Waals surface area (Å²) in [4.78, 5) is 16.8. The molecule has 5 aromatic rings. The minimum Gasteiger partial charge on any atom is -0.493 e. The molecule has 3 heterocycles. The van der Waals surface area contributed by atoms with E-state index in [9.17, 15) is 10.1 Å². The number of azo groups is 1. The summed E-state index contributed by atoms with van der Waals surface area (Å²) < 4.78 is 23.2. The molecule has 0 aliphatic rings. The fraction of sp³-hybridized carbons (Fsp3) is 0.222. The van der Waals surface area contributed by atoms with Crippen LogP contribution in [-0.2, 0) is 9.60 Å². The number of carbonyl (C=O) groups excluding carboxylic acids is 1. The van der Waals surface area contributed by atoms with Crippen LogP contribution in [0.1, 0.15) is 42.4 Å². The lowest BCUT2D eigenvalue weighted by molar-refractivity contribution is 0.0768. The third-order valence-corrected chi connectivity index (χ3v) is 6.41. The summed E-state index contributed by atoms with van der Waals surface area (Å²) in [6.45, 7) is 5.85. The van der Waals surface area contributed by atoms with Crippen LogP contribution >= 0.6 is 12.2 Å². The predicted molar refractivity (Wildman–Crippen MR) is 156 cm³/mol. The van der Waals surface area contributed by atoms with Gasteiger partial charge in [0.1, 0.15) is 23.9 Å². The van der Waals surface area contributed by atoms with E-state index in [-0.39, 0.29) is 45.3 Å². The number of nitrogens with two attached hydrogens (primary N) is 1. The second kappa shape index (κ2) is 11.8. The van der Waals surface area contributed by atoms with E-state index in [0.717, 1.165) is 0 Å². The van der Waals surface area contributed by atoms with Gasteiger partial charge in [-0.2, -0.15) is 10.4 Å². The summed E-state index contributed by atoms with van der Waals surface area (Å²) in [6.07, 6.45) is 0. The average molecular weight is 603 g/mol. The molecule has 0 amide bonds. The number of aromatic nitrogens is 6. The van der Waals surface area contributed by atoms with Crippen molar-refractivity contribution in [1.29, 1.82) is 5.26 Å². The lowest BCUT2D eigenvalue weighted by Gasteiger charge is -2.15. The van der Waals surface area contributed by atoms with Crippen LogP contribution in [0.15, 0.2) is 52.7 Å². The summed E-state index contributed by atoms with van der Waals surface area (Å²) in [5.41, 5.74) is 1.68. The Balaban J connectivity index is 1.63. The van der Waals surface area contributed by atoms with E-state index in [4.69, 9.17) is 23.5 Å². The highest BCUT2D eigenvalue weighted by Crippen LogP contribution is 2.44. The molecule has 0 aliphatic carbocycles. The van der Waals surface area contributed by atoms with Crippen molar-refractivity contribution in [2.75, 3.05) is 14.2 Å². The van der Waals surface area contributed by atoms with E-state index in [1.807, 2.05) is 20.8 Å². The van der Waals surface area contributed by atoms with Crippen LogP contribution in [0, 0.1) is 11.3 Å². The molecule has 0 unspecified atom stereocenters. The summed E-state index contributed by atoms with van der Waals surface area (Å²) in [6, 6.07) is 13.9. The Morgan fingerprint density at radius 2 is 1.84 bits per heavy atom. The molecular weight excluding hydrogens is 576 g/mol. The average Bonchev–Trinajstić information content (AvgIpc) is 3.69. The van der Waals surface area contributed by atoms with Crippen molar-refractivity contribution in [2.45, 2.75) is 26.2 Å². The molecule has 0 saturated heterocycles. The van der Waals surface area contributed by atoms with E-state index in [1.54, 1.807) is 42.5 Å². The van der Waals surface area contributed by atoms with Crippen molar-refractivity contribution in [3.05, 3.63) is 59.3 Å². The first-order valence-corrected chi connectivity index (χ1v) is 13.4. The first kappa shape index (κ1) is 29.1. The normalized spacial score (nSPS) is 11.6. The van der Waals surface area contributed by atoms with Crippen molar-refractivity contribution >= 4 is 35.4 Å². The van der Waals surface area contributed by atoms with Gasteiger partial charge in [0.25, 0.3) is 5.88 Å². The molecule has 0 atom stereocenters. The van der Waals surface area contributed by atoms with Crippen LogP contribution in [-0.4, -0.2) is 50.2 Å². The minimum absolute atomic E-state index is 0.0132. The summed E-state index contributed by atoms with van der Waals surface area (Å²) in [7, 11) is 2.99. The number of aromatic amines is 2. The SMILES string of the molecule is COc1cccc(OC)c1Oc1nn2[nH]c(-c3cccc(C(=O)OSN)c3)nc2c1N=Nc1n[nH]c(C(C)(C)C)c1C#N. The zero-order chi connectivity index (χ0) is 30.7. The Kier molecular flexibility index (Phi) is 8.01. The largest absolute Gasteiger partial charge is 0.493 e. The maximum atomic E-state index is 12.2. The van der Waals surface area contributed by atoms with Gasteiger partial charge in [0.2, 0.25) is 17.2 Å². The van der Waals surface area contributed by atoms with E-state index >= 15 is 0 Å². The molecule has 0 spiro atoms. The first-order chi connectivity index (χ1) is 20.7. The van der Waals surface area contributed by atoms with Gasteiger partial charge in [-0.25, -0.2) is 14.9 Å². The third-order valence-electron chi connectivity index (χ3n) is 6.17. The van der Waals surface area contributed by atoms with Gasteiger partial charge in [0, 0.05) is 11.0 Å². The smallest absolute Gasteiger partial charge is 0.351 e. The van der Waals surface area contributed by atoms with E-state index < -0.39 is 5.97 Å². The number of carbonyl (C=O) groups is 1. The Morgan fingerprint density at radius 1 is 1.12 bits per heavy atom. The number of nitrogens with zero attached hydrogens (tertiary/aromatic N) is 7. The lowest BCUT2D eigenvalue weighted by atomic mass is 9.90. The number of methoxy groups -OCH3 is 2. The molecule has 0 fully saturated rings. The lowest BCUT2D eigenvalue weighted by Crippen LogP contribution is -2.13. The number of H-pyrrole nitrogens is 2. The van der Waals surface area contributed by atoms with Crippen LogP contribution in [0.25, 0.3) is 17.0 Å². The molecule has 16 heteroatoms. The van der Waals surface area contributed by atoms with Crippen LogP contribution in [0.2, 0.25) is 0 Å². The second-order valence-electron chi connectivity index (χ2n) is 9.96. The van der Waals surface area contributed by atoms with Crippen LogP contribution in [0.3, 0.4) is 0 Å². The van der Waals surface area contributed by atoms with Gasteiger partial charge in [-0.1, -0.05) is 39.0 Å². The Bertz CT molecular complexity index is 1860. The van der Waals surface area contributed by atoms with Crippen LogP contribution in [0.4, 0.5) is 11.5 Å². The summed E-state index contributed by atoms with van der Waals surface area (Å²) >= 11 is 0.461. The molecule has 0 bridgehead atoms. The van der Waals surface area contributed by atoms with Gasteiger partial charge in [-0.05, 0) is 24.3 Å². The van der Waals surface area contributed by atoms with E-state index in [2.05, 4.69) is 41.7 Å². The topological polar surface area (TPSA) is 203 Å². The van der Waals surface area contributed by atoms with Gasteiger partial charge in [-0.15, -0.1) is 20.0 Å². The van der Waals surface area contributed by atoms with E-state index in [1.165, 1.54) is 18.8 Å². The maximum absolute atomic E-state index is 12.2. The van der Waals surface area contributed by atoms with Gasteiger partial charge in [-0.3, -0.25) is 10.2 Å². The number of nitriles is 1. The van der Waals surface area contributed by atoms with Gasteiger partial charge in [0.15, 0.2) is 23.0 Å². The number of rotatable bonds is 9. The molecule has 15 nitrogen and oxygen atoms in total. The molecule has 43 heavy (non-hydrogen) atoms. The molecule has 220 valence electrons. The number of para-hydroxylation sites is 1. The molecule has 2 aromatic carbocycles. The molecule has 0 saturated carbocycles. The number of fused-ring (bicyclic) bond motifs is 1. The Labute approximate surface area is 249 Å². The highest BCUT2D eigenvalue weighted by molar-refractivity contribution is 7.92. The monoisotopic (exact) mass is 602 g/mol.